The first-order valence-electron chi connectivity index (χ1n) is 5.71. The Morgan fingerprint density at radius 2 is 2.12 bits per heavy atom. The van der Waals surface area contributed by atoms with Crippen LogP contribution in [0.4, 0.5) is 5.82 Å². The Balaban J connectivity index is 2.78. The van der Waals surface area contributed by atoms with Gasteiger partial charge in [-0.25, -0.2) is 9.97 Å². The van der Waals surface area contributed by atoms with E-state index in [2.05, 4.69) is 36.1 Å². The monoisotopic (exact) mass is 239 g/mol. The lowest BCUT2D eigenvalue weighted by Crippen LogP contribution is -2.35. The minimum Gasteiger partial charge on any atom is -0.481 e. The van der Waals surface area contributed by atoms with Crippen molar-refractivity contribution in [1.29, 1.82) is 0 Å². The fourth-order valence-corrected chi connectivity index (χ4v) is 1.56. The third-order valence-corrected chi connectivity index (χ3v) is 2.64. The number of hydrogen-bond donors (Lipinski definition) is 2. The first kappa shape index (κ1) is 13.7. The zero-order chi connectivity index (χ0) is 12.9. The molecule has 96 valence electrons. The fourth-order valence-electron chi connectivity index (χ4n) is 1.56. The molecular formula is C12H21N3O2. The molecule has 2 N–H and O–H groups in total. The molecule has 0 fully saturated rings. The molecule has 0 saturated carbocycles. The third-order valence-electron chi connectivity index (χ3n) is 2.64. The minimum absolute atomic E-state index is 0.0426. The van der Waals surface area contributed by atoms with Crippen LogP contribution in [-0.4, -0.2) is 34.8 Å². The number of nitrogens with zero attached hydrogens (tertiary/aromatic N) is 2. The maximum absolute atomic E-state index is 9.08. The van der Waals surface area contributed by atoms with E-state index in [1.807, 2.05) is 0 Å². The molecule has 0 aromatic carbocycles. The first-order chi connectivity index (χ1) is 7.97. The second kappa shape index (κ2) is 5.82. The van der Waals surface area contributed by atoms with Crippen molar-refractivity contribution in [2.75, 3.05) is 19.0 Å². The Kier molecular flexibility index (Phi) is 4.69. The summed E-state index contributed by atoms with van der Waals surface area (Å²) in [5.41, 5.74) is 0.0426. The van der Waals surface area contributed by atoms with Crippen LogP contribution in [0.1, 0.15) is 27.2 Å². The van der Waals surface area contributed by atoms with Gasteiger partial charge in [-0.15, -0.1) is 0 Å². The molecule has 17 heavy (non-hydrogen) atoms. The highest BCUT2D eigenvalue weighted by Gasteiger charge is 2.24. The van der Waals surface area contributed by atoms with E-state index in [0.717, 1.165) is 0 Å². The van der Waals surface area contributed by atoms with Gasteiger partial charge >= 0.3 is 0 Å². The van der Waals surface area contributed by atoms with E-state index in [0.29, 0.717) is 18.1 Å². The van der Waals surface area contributed by atoms with E-state index in [1.54, 1.807) is 13.2 Å². The summed E-state index contributed by atoms with van der Waals surface area (Å²) >= 11 is 0. The van der Waals surface area contributed by atoms with Crippen molar-refractivity contribution in [3.05, 3.63) is 12.4 Å². The van der Waals surface area contributed by atoms with Gasteiger partial charge < -0.3 is 15.2 Å². The van der Waals surface area contributed by atoms with Crippen molar-refractivity contribution >= 4 is 5.82 Å². The Bertz CT molecular complexity index is 350. The summed E-state index contributed by atoms with van der Waals surface area (Å²) in [4.78, 5) is 8.09. The highest BCUT2D eigenvalue weighted by atomic mass is 16.5. The number of aliphatic hydroxyl groups excluding tert-OH is 1. The lowest BCUT2D eigenvalue weighted by Gasteiger charge is -2.31. The second-order valence-corrected chi connectivity index (χ2v) is 5.02. The molecule has 1 heterocycles. The smallest absolute Gasteiger partial charge is 0.218 e. The van der Waals surface area contributed by atoms with Gasteiger partial charge in [-0.05, 0) is 11.8 Å². The lowest BCUT2D eigenvalue weighted by molar-refractivity contribution is 0.235. The zero-order valence-electron chi connectivity index (χ0n) is 10.9. The van der Waals surface area contributed by atoms with E-state index >= 15 is 0 Å². The Morgan fingerprint density at radius 3 is 2.65 bits per heavy atom. The van der Waals surface area contributed by atoms with E-state index in [9.17, 15) is 0 Å². The predicted molar refractivity (Wildman–Crippen MR) is 67.2 cm³/mol. The first-order valence-corrected chi connectivity index (χ1v) is 5.71. The van der Waals surface area contributed by atoms with Gasteiger partial charge in [0, 0.05) is 18.7 Å². The third kappa shape index (κ3) is 4.19. The Hall–Kier alpha value is -1.36. The molecule has 0 aliphatic heterocycles. The normalized spacial score (nSPS) is 13.2. The highest BCUT2D eigenvalue weighted by Crippen LogP contribution is 2.25. The van der Waals surface area contributed by atoms with Crippen LogP contribution >= 0.6 is 0 Å². The summed E-state index contributed by atoms with van der Waals surface area (Å²) in [6.45, 7) is 6.52. The molecule has 5 nitrogen and oxygen atoms in total. The van der Waals surface area contributed by atoms with Gasteiger partial charge in [-0.2, -0.15) is 0 Å². The molecule has 0 aliphatic carbocycles. The van der Waals surface area contributed by atoms with Crippen molar-refractivity contribution in [2.45, 2.75) is 33.2 Å². The maximum atomic E-state index is 9.08. The number of methoxy groups -OCH3 is 1. The predicted octanol–water partition coefficient (Wildman–Crippen LogP) is 1.69. The molecule has 1 aromatic rings. The van der Waals surface area contributed by atoms with Crippen molar-refractivity contribution in [3.8, 4) is 5.88 Å². The quantitative estimate of drug-likeness (QED) is 0.818. The van der Waals surface area contributed by atoms with Gasteiger partial charge in [0.05, 0.1) is 7.11 Å². The summed E-state index contributed by atoms with van der Waals surface area (Å²) in [5.74, 6) is 1.24. The molecule has 1 unspecified atom stereocenters. The molecule has 1 rings (SSSR count). The second-order valence-electron chi connectivity index (χ2n) is 5.02. The number of aromatic nitrogens is 2. The van der Waals surface area contributed by atoms with E-state index < -0.39 is 0 Å². The number of aliphatic hydroxyl groups is 1. The van der Waals surface area contributed by atoms with Crippen LogP contribution in [0.5, 0.6) is 5.88 Å². The lowest BCUT2D eigenvalue weighted by atomic mass is 9.85. The average Bonchev–Trinajstić information content (AvgIpc) is 2.27. The summed E-state index contributed by atoms with van der Waals surface area (Å²) in [6.07, 6.45) is 2.13. The zero-order valence-corrected chi connectivity index (χ0v) is 10.9. The van der Waals surface area contributed by atoms with Crippen molar-refractivity contribution in [2.24, 2.45) is 5.41 Å². The standard InChI is InChI=1S/C12H21N3O2/c1-12(2,3)9(5-6-16)15-10-7-11(17-4)14-8-13-10/h7-9,16H,5-6H2,1-4H3,(H,13,14,15). The molecule has 0 spiro atoms. The van der Waals surface area contributed by atoms with Crippen molar-refractivity contribution < 1.29 is 9.84 Å². The number of hydrogen-bond acceptors (Lipinski definition) is 5. The van der Waals surface area contributed by atoms with Crippen LogP contribution in [0.25, 0.3) is 0 Å². The molecule has 0 radical (unpaired) electrons. The van der Waals surface area contributed by atoms with Crippen LogP contribution in [0.2, 0.25) is 0 Å². The van der Waals surface area contributed by atoms with Gasteiger partial charge in [-0.3, -0.25) is 0 Å². The molecule has 0 saturated heterocycles. The van der Waals surface area contributed by atoms with Gasteiger partial charge in [0.1, 0.15) is 12.1 Å². The largest absolute Gasteiger partial charge is 0.481 e. The van der Waals surface area contributed by atoms with E-state index in [4.69, 9.17) is 9.84 Å². The van der Waals surface area contributed by atoms with Crippen molar-refractivity contribution in [1.82, 2.24) is 9.97 Å². The SMILES string of the molecule is COc1cc(NC(CCO)C(C)(C)C)ncn1. The van der Waals surface area contributed by atoms with Crippen LogP contribution in [0, 0.1) is 5.41 Å². The average molecular weight is 239 g/mol. The molecule has 0 aliphatic rings. The van der Waals surface area contributed by atoms with E-state index in [-0.39, 0.29) is 18.1 Å². The maximum Gasteiger partial charge on any atom is 0.218 e. The number of ether oxygens (including phenoxy) is 1. The Morgan fingerprint density at radius 1 is 1.41 bits per heavy atom. The summed E-state index contributed by atoms with van der Waals surface area (Å²) < 4.78 is 5.04. The summed E-state index contributed by atoms with van der Waals surface area (Å²) in [7, 11) is 1.57. The van der Waals surface area contributed by atoms with Crippen LogP contribution in [0.15, 0.2) is 12.4 Å². The molecule has 0 bridgehead atoms. The topological polar surface area (TPSA) is 67.3 Å². The van der Waals surface area contributed by atoms with Crippen LogP contribution in [0.3, 0.4) is 0 Å². The summed E-state index contributed by atoms with van der Waals surface area (Å²) in [5, 5.41) is 12.4. The molecule has 5 heteroatoms. The molecular weight excluding hydrogens is 218 g/mol. The minimum atomic E-state index is 0.0426. The fraction of sp³-hybridized carbons (Fsp3) is 0.667. The van der Waals surface area contributed by atoms with Gasteiger partial charge in [0.25, 0.3) is 0 Å². The number of rotatable bonds is 5. The molecule has 1 atom stereocenters. The van der Waals surface area contributed by atoms with Gasteiger partial charge in [0.2, 0.25) is 5.88 Å². The van der Waals surface area contributed by atoms with Gasteiger partial charge in [-0.1, -0.05) is 20.8 Å². The van der Waals surface area contributed by atoms with E-state index in [1.165, 1.54) is 6.33 Å². The van der Waals surface area contributed by atoms with Crippen LogP contribution < -0.4 is 10.1 Å². The highest BCUT2D eigenvalue weighted by molar-refractivity contribution is 5.38. The number of nitrogens with one attached hydrogen (secondary N) is 1. The van der Waals surface area contributed by atoms with Crippen molar-refractivity contribution in [3.63, 3.8) is 0 Å². The van der Waals surface area contributed by atoms with Crippen LogP contribution in [-0.2, 0) is 0 Å². The number of anilines is 1. The summed E-state index contributed by atoms with van der Waals surface area (Å²) in [6, 6.07) is 1.89. The Labute approximate surface area is 102 Å². The molecule has 1 aromatic heterocycles. The molecule has 0 amide bonds. The van der Waals surface area contributed by atoms with Gasteiger partial charge in [0.15, 0.2) is 0 Å².